The summed E-state index contributed by atoms with van der Waals surface area (Å²) in [7, 11) is -5.73. The summed E-state index contributed by atoms with van der Waals surface area (Å²) in [4.78, 5) is 42.8. The molecule has 256 valence electrons. The van der Waals surface area contributed by atoms with Gasteiger partial charge in [0.05, 0.1) is 4.90 Å². The zero-order valence-electron chi connectivity index (χ0n) is 27.8. The molecule has 0 saturated heterocycles. The van der Waals surface area contributed by atoms with Crippen LogP contribution in [0.1, 0.15) is 55.8 Å². The molecule has 0 radical (unpaired) electrons. The molecule has 47 heavy (non-hydrogen) atoms. The third kappa shape index (κ3) is 6.49. The normalized spacial score (nSPS) is 24.7. The van der Waals surface area contributed by atoms with Gasteiger partial charge < -0.3 is 20.3 Å². The standard InChI is InChI=1S/C33H47N5O7SSi/c1-5-11-36-29-28(31(40)37(32(36)41)12-10-34-30(39)24-6-8-26(9-7-24)46(42,43)44)38(21-45-13-14-47(2,3)4)27(20-35-29)33-18-22-15-23(19-33)17-25(33)16-22/h6-9,20,22-23,25,35H,5,10-19,21H2,1-4H3,(H,34,39)(H,42,43,44). The molecule has 7 rings (SSSR count). The fraction of sp³-hybridized carbons (Fsp3) is 0.606. The molecule has 1 aromatic carbocycles. The van der Waals surface area contributed by atoms with Crippen LogP contribution in [-0.4, -0.2) is 56.0 Å². The number of aromatic nitrogens is 2. The van der Waals surface area contributed by atoms with Gasteiger partial charge in [-0.2, -0.15) is 8.42 Å². The number of allylic oxidation sites excluding steroid dienone is 1. The second kappa shape index (κ2) is 12.7. The van der Waals surface area contributed by atoms with Gasteiger partial charge in [0.15, 0.2) is 5.69 Å². The van der Waals surface area contributed by atoms with Crippen molar-refractivity contribution in [3.05, 3.63) is 62.6 Å². The number of carbonyl (C=O) groups is 1. The van der Waals surface area contributed by atoms with Crippen molar-refractivity contribution in [3.63, 3.8) is 0 Å². The molecular weight excluding hydrogens is 639 g/mol. The van der Waals surface area contributed by atoms with Crippen LogP contribution in [-0.2, 0) is 27.9 Å². The predicted octanol–water partition coefficient (Wildman–Crippen LogP) is 4.31. The van der Waals surface area contributed by atoms with Gasteiger partial charge in [-0.3, -0.25) is 23.3 Å². The minimum Gasteiger partial charge on any atom is -0.361 e. The average Bonchev–Trinajstić information content (AvgIpc) is 3.41. The van der Waals surface area contributed by atoms with Crippen LogP contribution in [0.25, 0.3) is 0 Å². The Labute approximate surface area is 276 Å². The van der Waals surface area contributed by atoms with Crippen LogP contribution in [0.3, 0.4) is 0 Å². The first-order valence-corrected chi connectivity index (χ1v) is 21.9. The SMILES string of the molecule is CCCn1c2c(c(=O)n(CCNC(=O)c3ccc(S(=O)(=O)O)cc3)c1=O)N(COCC[Si](C)(C)C)C(C13CC4CC(CC1C4)C3)=CN2. The van der Waals surface area contributed by atoms with Crippen molar-refractivity contribution < 1.29 is 22.5 Å². The minimum atomic E-state index is -4.39. The largest absolute Gasteiger partial charge is 0.361 e. The number of benzene rings is 1. The Morgan fingerprint density at radius 1 is 1.06 bits per heavy atom. The molecule has 2 heterocycles. The molecule has 0 spiro atoms. The van der Waals surface area contributed by atoms with E-state index in [0.717, 1.165) is 36.7 Å². The number of anilines is 2. The number of hydrogen-bond donors (Lipinski definition) is 3. The summed E-state index contributed by atoms with van der Waals surface area (Å²) in [5.74, 6) is 1.98. The van der Waals surface area contributed by atoms with E-state index in [1.807, 2.05) is 13.1 Å². The summed E-state index contributed by atoms with van der Waals surface area (Å²) in [5, 5.41) is 6.14. The van der Waals surface area contributed by atoms with Gasteiger partial charge in [-0.05, 0) is 86.6 Å². The third-order valence-corrected chi connectivity index (χ3v) is 13.1. The zero-order chi connectivity index (χ0) is 33.7. The predicted molar refractivity (Wildman–Crippen MR) is 183 cm³/mol. The topological polar surface area (TPSA) is 152 Å². The van der Waals surface area contributed by atoms with Crippen LogP contribution in [0.5, 0.6) is 0 Å². The molecule has 1 amide bonds. The fourth-order valence-electron chi connectivity index (χ4n) is 8.49. The number of hydrogen-bond acceptors (Lipinski definition) is 8. The van der Waals surface area contributed by atoms with Crippen LogP contribution < -0.4 is 26.8 Å². The van der Waals surface area contributed by atoms with Crippen LogP contribution in [0.4, 0.5) is 11.5 Å². The minimum absolute atomic E-state index is 0.00283. The molecule has 4 bridgehead atoms. The van der Waals surface area contributed by atoms with Gasteiger partial charge in [-0.1, -0.05) is 26.6 Å². The molecule has 1 aromatic heterocycles. The highest BCUT2D eigenvalue weighted by Gasteiger charge is 2.61. The smallest absolute Gasteiger partial charge is 0.332 e. The first kappa shape index (κ1) is 33.7. The highest BCUT2D eigenvalue weighted by Crippen LogP contribution is 2.69. The van der Waals surface area contributed by atoms with E-state index in [4.69, 9.17) is 4.74 Å². The van der Waals surface area contributed by atoms with Crippen LogP contribution >= 0.6 is 0 Å². The van der Waals surface area contributed by atoms with Gasteiger partial charge in [-0.25, -0.2) is 4.79 Å². The molecule has 4 aliphatic carbocycles. The van der Waals surface area contributed by atoms with Crippen LogP contribution in [0, 0.1) is 23.2 Å². The molecule has 4 fully saturated rings. The maximum absolute atomic E-state index is 14.4. The van der Waals surface area contributed by atoms with Crippen molar-refractivity contribution in [2.75, 3.05) is 30.1 Å². The second-order valence-electron chi connectivity index (χ2n) is 15.0. The Hall–Kier alpha value is -3.20. The van der Waals surface area contributed by atoms with E-state index in [2.05, 4.69) is 35.2 Å². The maximum atomic E-state index is 14.4. The molecule has 2 aromatic rings. The van der Waals surface area contributed by atoms with Crippen molar-refractivity contribution in [2.45, 2.75) is 89.1 Å². The lowest BCUT2D eigenvalue weighted by molar-refractivity contribution is 0.0951. The van der Waals surface area contributed by atoms with E-state index in [9.17, 15) is 27.4 Å². The molecule has 5 aliphatic rings. The van der Waals surface area contributed by atoms with Gasteiger partial charge >= 0.3 is 5.69 Å². The number of ether oxygens (including phenoxy) is 1. The number of rotatable bonds is 13. The monoisotopic (exact) mass is 685 g/mol. The molecule has 4 saturated carbocycles. The Kier molecular flexibility index (Phi) is 9.09. The number of carbonyl (C=O) groups excluding carboxylic acids is 1. The maximum Gasteiger partial charge on any atom is 0.332 e. The van der Waals surface area contributed by atoms with Gasteiger partial charge in [-0.15, -0.1) is 0 Å². The number of nitrogens with zero attached hydrogens (tertiary/aromatic N) is 3. The molecule has 12 nitrogen and oxygen atoms in total. The zero-order valence-corrected chi connectivity index (χ0v) is 29.6. The van der Waals surface area contributed by atoms with Crippen LogP contribution in [0.15, 0.2) is 50.6 Å². The van der Waals surface area contributed by atoms with Crippen LogP contribution in [0.2, 0.25) is 25.7 Å². The molecule has 2 unspecified atom stereocenters. The van der Waals surface area contributed by atoms with Crippen molar-refractivity contribution in [2.24, 2.45) is 23.2 Å². The van der Waals surface area contributed by atoms with Crippen molar-refractivity contribution in [1.29, 1.82) is 0 Å². The highest BCUT2D eigenvalue weighted by atomic mass is 32.2. The first-order valence-electron chi connectivity index (χ1n) is 16.8. The first-order chi connectivity index (χ1) is 22.2. The van der Waals surface area contributed by atoms with Gasteiger partial charge in [0.1, 0.15) is 12.5 Å². The summed E-state index contributed by atoms with van der Waals surface area (Å²) >= 11 is 0. The summed E-state index contributed by atoms with van der Waals surface area (Å²) in [5.41, 5.74) is 0.799. The number of amides is 1. The molecule has 3 N–H and O–H groups in total. The van der Waals surface area contributed by atoms with Crippen molar-refractivity contribution >= 4 is 35.6 Å². The average molecular weight is 686 g/mol. The molecule has 14 heteroatoms. The summed E-state index contributed by atoms with van der Waals surface area (Å²) < 4.78 is 41.1. The Morgan fingerprint density at radius 3 is 2.36 bits per heavy atom. The highest BCUT2D eigenvalue weighted by molar-refractivity contribution is 7.85. The van der Waals surface area contributed by atoms with Gasteiger partial charge in [0, 0.05) is 57.2 Å². The third-order valence-electron chi connectivity index (χ3n) is 10.5. The Balaban J connectivity index is 1.31. The van der Waals surface area contributed by atoms with E-state index >= 15 is 0 Å². The summed E-state index contributed by atoms with van der Waals surface area (Å²) in [6.07, 6.45) is 8.69. The van der Waals surface area contributed by atoms with E-state index < -0.39 is 35.3 Å². The summed E-state index contributed by atoms with van der Waals surface area (Å²) in [6.45, 7) is 10.1. The van der Waals surface area contributed by atoms with Crippen molar-refractivity contribution in [3.8, 4) is 0 Å². The van der Waals surface area contributed by atoms with Gasteiger partial charge in [0.25, 0.3) is 21.6 Å². The van der Waals surface area contributed by atoms with E-state index in [0.29, 0.717) is 48.8 Å². The van der Waals surface area contributed by atoms with E-state index in [1.54, 1.807) is 4.57 Å². The quantitative estimate of drug-likeness (QED) is 0.159. The molecule has 2 atom stereocenters. The van der Waals surface area contributed by atoms with E-state index in [-0.39, 0.29) is 35.7 Å². The molecule has 1 aliphatic heterocycles. The fourth-order valence-corrected chi connectivity index (χ4v) is 9.73. The van der Waals surface area contributed by atoms with Gasteiger partial charge in [0.2, 0.25) is 0 Å². The van der Waals surface area contributed by atoms with E-state index in [1.165, 1.54) is 36.0 Å². The summed E-state index contributed by atoms with van der Waals surface area (Å²) in [6, 6.07) is 5.87. The van der Waals surface area contributed by atoms with Crippen molar-refractivity contribution in [1.82, 2.24) is 14.5 Å². The second-order valence-corrected chi connectivity index (χ2v) is 22.0. The lowest BCUT2D eigenvalue weighted by Gasteiger charge is -2.44. The Morgan fingerprint density at radius 2 is 1.74 bits per heavy atom. The lowest BCUT2D eigenvalue weighted by atomic mass is 9.72. The number of fused-ring (bicyclic) bond motifs is 1. The Bertz CT molecular complexity index is 1780. The molecular formula is C33H47N5O7SSi. The number of nitrogens with one attached hydrogen (secondary N) is 2. The lowest BCUT2D eigenvalue weighted by Crippen LogP contribution is -2.49.